The van der Waals surface area contributed by atoms with Gasteiger partial charge in [0.2, 0.25) is 0 Å². The summed E-state index contributed by atoms with van der Waals surface area (Å²) < 4.78 is 370. The summed E-state index contributed by atoms with van der Waals surface area (Å²) >= 11 is 0. The smallest absolute Gasteiger partial charge is 0.144 e. The van der Waals surface area contributed by atoms with Crippen LogP contribution in [0.3, 0.4) is 0 Å². The Hall–Kier alpha value is -8.92. The van der Waals surface area contributed by atoms with Crippen LogP contribution < -0.4 is 0 Å². The molecule has 0 saturated heterocycles. The number of nitrogens with zero attached hydrogens (tertiary/aromatic N) is 2. The van der Waals surface area contributed by atoms with Gasteiger partial charge in [0.1, 0.15) is 11.5 Å². The first-order chi connectivity index (χ1) is 49.9. The van der Waals surface area contributed by atoms with Crippen LogP contribution in [0.2, 0.25) is 0 Å². The predicted octanol–water partition coefficient (Wildman–Crippen LogP) is 17.8. The molecule has 10 aromatic carbocycles. The molecule has 0 saturated carbocycles. The van der Waals surface area contributed by atoms with Gasteiger partial charge < -0.3 is 4.42 Å². The summed E-state index contributed by atoms with van der Waals surface area (Å²) in [6, 6.07) is -42.2. The zero-order chi connectivity index (χ0) is 79.1. The highest BCUT2D eigenvalue weighted by Crippen LogP contribution is 2.53. The molecule has 0 fully saturated rings. The van der Waals surface area contributed by atoms with Crippen LogP contribution in [0.5, 0.6) is 0 Å². The zero-order valence-electron chi connectivity index (χ0n) is 73.3. The summed E-state index contributed by atoms with van der Waals surface area (Å²) in [5.41, 5.74) is -14.1. The van der Waals surface area contributed by atoms with Gasteiger partial charge in [0.15, 0.2) is 0 Å². The van der Waals surface area contributed by atoms with Crippen molar-refractivity contribution >= 4 is 54.1 Å². The molecule has 318 valence electrons. The van der Waals surface area contributed by atoms with E-state index < -0.39 is 374 Å². The van der Waals surface area contributed by atoms with Crippen molar-refractivity contribution in [1.29, 1.82) is 0 Å². The second-order valence-electron chi connectivity index (χ2n) is 14.6. The Morgan fingerprint density at radius 2 is 0.868 bits per heavy atom. The average Bonchev–Trinajstić information content (AvgIpc) is 1.68. The number of rotatable bonds is 7. The molecule has 3 heterocycles. The maximum Gasteiger partial charge on any atom is 0.144 e. The highest BCUT2D eigenvalue weighted by atomic mass is 16.3. The third kappa shape index (κ3) is 6.51. The molecule has 0 atom stereocenters. The summed E-state index contributed by atoms with van der Waals surface area (Å²) in [6.45, 7) is 1.11. The molecule has 0 spiro atoms. The van der Waals surface area contributed by atoms with Crippen LogP contribution in [0, 0.1) is 6.92 Å². The van der Waals surface area contributed by atoms with E-state index in [1.165, 1.54) is 0 Å². The molecule has 0 bridgehead atoms. The lowest BCUT2D eigenvalue weighted by Crippen LogP contribution is -1.92. The van der Waals surface area contributed by atoms with E-state index in [-0.39, 0.29) is 0 Å². The van der Waals surface area contributed by atoms with Crippen LogP contribution in [0.4, 0.5) is 0 Å². The Kier molecular flexibility index (Phi) is 3.92. The first kappa shape index (κ1) is 16.4. The van der Waals surface area contributed by atoms with Gasteiger partial charge in [0.25, 0.3) is 0 Å². The molecule has 13 aromatic rings. The number of benzene rings is 10. The van der Waals surface area contributed by atoms with E-state index in [2.05, 4.69) is 9.97 Å². The zero-order valence-corrected chi connectivity index (χ0v) is 34.3. The summed E-state index contributed by atoms with van der Waals surface area (Å²) in [7, 11) is 0. The van der Waals surface area contributed by atoms with Gasteiger partial charge in [-0.05, 0) is 96.8 Å². The molecule has 0 aliphatic rings. The second kappa shape index (κ2) is 16.2. The normalized spacial score (nSPS) is 19.6. The van der Waals surface area contributed by atoms with Gasteiger partial charge in [-0.15, -0.1) is 0 Å². The molecule has 0 N–H and O–H groups in total. The number of pyridine rings is 2. The van der Waals surface area contributed by atoms with Crippen molar-refractivity contribution < 1.29 is 57.9 Å². The van der Waals surface area contributed by atoms with Crippen LogP contribution >= 0.6 is 0 Å². The van der Waals surface area contributed by atoms with E-state index in [1.54, 1.807) is 0 Å². The van der Waals surface area contributed by atoms with Gasteiger partial charge in [-0.1, -0.05) is 211 Å². The molecule has 0 aliphatic carbocycles. The van der Waals surface area contributed by atoms with Crippen LogP contribution in [-0.2, 0) is 0 Å². The van der Waals surface area contributed by atoms with Gasteiger partial charge in [-0.2, -0.15) is 0 Å². The lowest BCUT2D eigenvalue weighted by Gasteiger charge is -2.17. The molecular weight excluding hydrogens is 825 g/mol. The highest BCUT2D eigenvalue weighted by molar-refractivity contribution is 6.23. The first-order valence-corrected chi connectivity index (χ1v) is 20.1. The Morgan fingerprint density at radius 3 is 1.57 bits per heavy atom. The Bertz CT molecular complexity index is 6280. The summed E-state index contributed by atoms with van der Waals surface area (Å²) in [6.07, 6.45) is -0.854. The largest absolute Gasteiger partial charge is 0.455 e. The number of fused-ring (bicyclic) bond motifs is 6. The first-order valence-electron chi connectivity index (χ1n) is 39.6. The monoisotopic (exact) mass is 906 g/mol. The van der Waals surface area contributed by atoms with Gasteiger partial charge in [-0.25, -0.2) is 4.98 Å². The fourth-order valence-corrected chi connectivity index (χ4v) is 7.99. The topological polar surface area (TPSA) is 38.9 Å². The van der Waals surface area contributed by atoms with Gasteiger partial charge >= 0.3 is 0 Å². The summed E-state index contributed by atoms with van der Waals surface area (Å²) in [4.78, 5) is 8.51. The van der Waals surface area contributed by atoms with E-state index in [1.807, 2.05) is 0 Å². The van der Waals surface area contributed by atoms with Crippen molar-refractivity contribution in [3.05, 3.63) is 241 Å². The average molecular weight is 906 g/mol. The van der Waals surface area contributed by atoms with Crippen LogP contribution in [0.25, 0.3) is 133 Å². The van der Waals surface area contributed by atoms with Crippen molar-refractivity contribution in [2.45, 2.75) is 6.92 Å². The van der Waals surface area contributed by atoms with E-state index in [0.29, 0.717) is 0 Å². The summed E-state index contributed by atoms with van der Waals surface area (Å²) in [5, 5.41) is -6.79. The number of aromatic nitrogens is 2. The standard InChI is InChI=1S/C65H42N2O/c1-41-17-14-24-48(39-41)64-60(59(43-20-6-3-7-21-43)65(68-64)61-55-30-12-10-28-53(55)58(42-18-4-2-5-19-42)54-29-11-13-31-56(54)61)47-23-15-22-46(40-47)49-35-36-52(51-27-9-8-26-50(49)51)57-37-34-45-33-32-44-25-16-38-66-62(44)63(45)67-57/h2-40H,1H3/i2D,3D,4D,5D,6D,7D,8D,9D,10D,11D,12D,13D,14D,15D,16D,17D,18D,19D,20D,21D,22D,23D,24D,25D,26D,27D,28D,29D,30D,31D,32D,33D,34D,35D,36D,37D,38D,39D,40D. The van der Waals surface area contributed by atoms with Crippen molar-refractivity contribution in [1.82, 2.24) is 9.97 Å². The minimum Gasteiger partial charge on any atom is -0.455 e. The lowest BCUT2D eigenvalue weighted by atomic mass is 9.85. The SMILES string of the molecule is [2H]c1nc2c(c([2H])c1[2H])c([2H])c([2H])c1c([2H])c([2H])c(-c3c([2H])c([2H])c(-c4c([2H])c([2H])c([2H])c(-c5c(-c6c([2H])c([2H])c([2H])c(C)c6[2H])oc(-c6c7c([2H])c([2H])c([2H])c([2H])c7c(-c7c([2H])c([2H])c([2H])c([2H])c7[2H])c7c([2H])c([2H])c([2H])c([2H])c67)c5-c5c([2H])c([2H])c([2H])c([2H])c5[2H])c4[2H])c4c([2H])c([2H])c([2H])c([2H])c34)nc12. The molecule has 3 heteroatoms. The van der Waals surface area contributed by atoms with E-state index >= 15 is 0 Å². The maximum atomic E-state index is 10.6. The molecule has 0 radical (unpaired) electrons. The van der Waals surface area contributed by atoms with Gasteiger partial charge in [0.05, 0.1) is 70.2 Å². The van der Waals surface area contributed by atoms with Crippen LogP contribution in [-0.4, -0.2) is 9.97 Å². The van der Waals surface area contributed by atoms with Crippen molar-refractivity contribution in [2.75, 3.05) is 0 Å². The predicted molar refractivity (Wildman–Crippen MR) is 285 cm³/mol. The summed E-state index contributed by atoms with van der Waals surface area (Å²) in [5.74, 6) is -2.39. The molecule has 3 nitrogen and oxygen atoms in total. The fraction of sp³-hybridized carbons (Fsp3) is 0.0154. The fourth-order valence-electron chi connectivity index (χ4n) is 7.99. The van der Waals surface area contributed by atoms with E-state index in [9.17, 15) is 30.2 Å². The van der Waals surface area contributed by atoms with E-state index in [0.717, 1.165) is 6.92 Å². The molecule has 13 rings (SSSR count). The molecule has 0 unspecified atom stereocenters. The van der Waals surface area contributed by atoms with Crippen molar-refractivity contribution in [3.63, 3.8) is 0 Å². The number of hydrogen-bond donors (Lipinski definition) is 0. The molecular formula is C65H42N2O. The highest BCUT2D eigenvalue weighted by Gasteiger charge is 2.29. The second-order valence-corrected chi connectivity index (χ2v) is 14.6. The van der Waals surface area contributed by atoms with Crippen molar-refractivity contribution in [2.24, 2.45) is 0 Å². The third-order valence-electron chi connectivity index (χ3n) is 10.8. The number of furan rings is 1. The Balaban J connectivity index is 1.32. The maximum absolute atomic E-state index is 10.6. The van der Waals surface area contributed by atoms with Crippen LogP contribution in [0.15, 0.2) is 240 Å². The molecule has 68 heavy (non-hydrogen) atoms. The van der Waals surface area contributed by atoms with Gasteiger partial charge in [0, 0.05) is 44.8 Å². The van der Waals surface area contributed by atoms with Crippen molar-refractivity contribution in [3.8, 4) is 78.4 Å². The minimum absolute atomic E-state index is 0.455. The third-order valence-corrected chi connectivity index (χ3v) is 10.8. The molecule has 3 aromatic heterocycles. The Morgan fingerprint density at radius 1 is 0.353 bits per heavy atom. The Labute approximate surface area is 449 Å². The van der Waals surface area contributed by atoms with Crippen LogP contribution in [0.1, 0.15) is 59.0 Å². The quantitative estimate of drug-likeness (QED) is 0.118. The number of hydrogen-bond acceptors (Lipinski definition) is 3. The van der Waals surface area contributed by atoms with Gasteiger partial charge in [-0.3, -0.25) is 4.98 Å². The molecule has 0 amide bonds. The molecule has 0 aliphatic heterocycles. The lowest BCUT2D eigenvalue weighted by molar-refractivity contribution is 0.600. The van der Waals surface area contributed by atoms with E-state index in [4.69, 9.17) is 27.7 Å². The minimum atomic E-state index is -1.39.